The Kier molecular flexibility index (Phi) is 3.96. The van der Waals surface area contributed by atoms with Gasteiger partial charge in [0.2, 0.25) is 0 Å². The highest BCUT2D eigenvalue weighted by atomic mass is 15.1. The molecule has 0 aliphatic carbocycles. The average Bonchev–Trinajstić information content (AvgIpc) is 2.43. The van der Waals surface area contributed by atoms with E-state index in [1.807, 2.05) is 13.3 Å². The number of nitrogens with zero attached hydrogens (tertiary/aromatic N) is 2. The van der Waals surface area contributed by atoms with Crippen molar-refractivity contribution < 1.29 is 0 Å². The van der Waals surface area contributed by atoms with Gasteiger partial charge in [-0.3, -0.25) is 0 Å². The molecule has 13 heavy (non-hydrogen) atoms. The van der Waals surface area contributed by atoms with Gasteiger partial charge in [0, 0.05) is 18.8 Å². The van der Waals surface area contributed by atoms with Gasteiger partial charge in [-0.05, 0) is 26.8 Å². The molecule has 0 aromatic carbocycles. The molecule has 0 amide bonds. The predicted molar refractivity (Wildman–Crippen MR) is 54.9 cm³/mol. The third-order valence-electron chi connectivity index (χ3n) is 2.30. The van der Waals surface area contributed by atoms with E-state index in [0.29, 0.717) is 0 Å². The van der Waals surface area contributed by atoms with Gasteiger partial charge in [0.15, 0.2) is 0 Å². The molecular weight excluding hydrogens is 162 g/mol. The molecule has 0 radical (unpaired) electrons. The quantitative estimate of drug-likeness (QED) is 0.698. The van der Waals surface area contributed by atoms with Crippen LogP contribution in [0.5, 0.6) is 0 Å². The smallest absolute Gasteiger partial charge is 0.0951 e. The number of rotatable bonds is 5. The van der Waals surface area contributed by atoms with E-state index in [9.17, 15) is 0 Å². The highest BCUT2D eigenvalue weighted by molar-refractivity contribution is 5.08. The summed E-state index contributed by atoms with van der Waals surface area (Å²) in [5.41, 5.74) is 2.41. The molecule has 1 aromatic heterocycles. The van der Waals surface area contributed by atoms with Crippen molar-refractivity contribution >= 4 is 0 Å². The number of aryl methyl sites for hydroxylation is 1. The van der Waals surface area contributed by atoms with Crippen LogP contribution in [0.1, 0.15) is 24.7 Å². The van der Waals surface area contributed by atoms with Crippen LogP contribution in [0.4, 0.5) is 0 Å². The zero-order chi connectivity index (χ0) is 9.68. The monoisotopic (exact) mass is 181 g/mol. The normalized spacial score (nSPS) is 10.7. The molecule has 0 aliphatic heterocycles. The topological polar surface area (TPSA) is 29.9 Å². The molecule has 3 heteroatoms. The second kappa shape index (κ2) is 5.02. The van der Waals surface area contributed by atoms with Gasteiger partial charge >= 0.3 is 0 Å². The number of aromatic nitrogens is 2. The van der Waals surface area contributed by atoms with E-state index in [1.165, 1.54) is 12.1 Å². The fourth-order valence-electron chi connectivity index (χ4n) is 1.27. The Hall–Kier alpha value is -0.830. The molecule has 0 fully saturated rings. The third kappa shape index (κ3) is 2.84. The average molecular weight is 181 g/mol. The maximum absolute atomic E-state index is 4.25. The summed E-state index contributed by atoms with van der Waals surface area (Å²) in [5.74, 6) is 0. The standard InChI is InChI=1S/C10H19N3/c1-4-5-11-6-7-13-8-12-9(2)10(13)3/h8,11H,4-7H2,1-3H3. The summed E-state index contributed by atoms with van der Waals surface area (Å²) in [6.07, 6.45) is 3.11. The second-order valence-electron chi connectivity index (χ2n) is 3.36. The second-order valence-corrected chi connectivity index (χ2v) is 3.36. The van der Waals surface area contributed by atoms with Crippen LogP contribution in [-0.2, 0) is 6.54 Å². The van der Waals surface area contributed by atoms with Crippen LogP contribution in [0.15, 0.2) is 6.33 Å². The lowest BCUT2D eigenvalue weighted by molar-refractivity contribution is 0.586. The van der Waals surface area contributed by atoms with Crippen molar-refractivity contribution in [3.05, 3.63) is 17.7 Å². The molecule has 74 valence electrons. The zero-order valence-corrected chi connectivity index (χ0v) is 8.80. The minimum Gasteiger partial charge on any atom is -0.333 e. The van der Waals surface area contributed by atoms with Crippen molar-refractivity contribution in [2.75, 3.05) is 13.1 Å². The van der Waals surface area contributed by atoms with E-state index in [4.69, 9.17) is 0 Å². The summed E-state index contributed by atoms with van der Waals surface area (Å²) in [5, 5.41) is 3.37. The van der Waals surface area contributed by atoms with Gasteiger partial charge in [-0.2, -0.15) is 0 Å². The number of hydrogen-bond donors (Lipinski definition) is 1. The zero-order valence-electron chi connectivity index (χ0n) is 8.80. The molecule has 0 saturated heterocycles. The number of hydrogen-bond acceptors (Lipinski definition) is 2. The van der Waals surface area contributed by atoms with Gasteiger partial charge in [-0.15, -0.1) is 0 Å². The van der Waals surface area contributed by atoms with Gasteiger partial charge in [0.25, 0.3) is 0 Å². The van der Waals surface area contributed by atoms with E-state index in [2.05, 4.69) is 28.7 Å². The van der Waals surface area contributed by atoms with Crippen molar-refractivity contribution in [3.63, 3.8) is 0 Å². The predicted octanol–water partition coefficient (Wildman–Crippen LogP) is 1.50. The molecule has 1 heterocycles. The Bertz CT molecular complexity index is 253. The van der Waals surface area contributed by atoms with Crippen molar-refractivity contribution in [2.45, 2.75) is 33.7 Å². The first-order valence-corrected chi connectivity index (χ1v) is 4.94. The highest BCUT2D eigenvalue weighted by Gasteiger charge is 1.99. The largest absolute Gasteiger partial charge is 0.333 e. The third-order valence-corrected chi connectivity index (χ3v) is 2.30. The van der Waals surface area contributed by atoms with E-state index in [1.54, 1.807) is 0 Å². The van der Waals surface area contributed by atoms with E-state index < -0.39 is 0 Å². The van der Waals surface area contributed by atoms with Gasteiger partial charge in [-0.1, -0.05) is 6.92 Å². The van der Waals surface area contributed by atoms with Gasteiger partial charge in [0.05, 0.1) is 12.0 Å². The lowest BCUT2D eigenvalue weighted by atomic mass is 10.4. The summed E-state index contributed by atoms with van der Waals surface area (Å²) in [6.45, 7) is 9.50. The molecule has 1 rings (SSSR count). The first kappa shape index (κ1) is 10.3. The summed E-state index contributed by atoms with van der Waals surface area (Å²) in [6, 6.07) is 0. The molecule has 0 unspecified atom stereocenters. The first-order chi connectivity index (χ1) is 6.25. The molecule has 0 aliphatic rings. The minimum absolute atomic E-state index is 1.02. The fourth-order valence-corrected chi connectivity index (χ4v) is 1.27. The van der Waals surface area contributed by atoms with Crippen molar-refractivity contribution in [3.8, 4) is 0 Å². The van der Waals surface area contributed by atoms with E-state index in [0.717, 1.165) is 25.3 Å². The van der Waals surface area contributed by atoms with E-state index in [-0.39, 0.29) is 0 Å². The molecule has 0 bridgehead atoms. The summed E-state index contributed by atoms with van der Waals surface area (Å²) < 4.78 is 2.19. The Morgan fingerprint density at radius 2 is 2.15 bits per heavy atom. The first-order valence-electron chi connectivity index (χ1n) is 4.94. The maximum atomic E-state index is 4.25. The Morgan fingerprint density at radius 1 is 1.38 bits per heavy atom. The van der Waals surface area contributed by atoms with Crippen LogP contribution in [0.2, 0.25) is 0 Å². The maximum Gasteiger partial charge on any atom is 0.0951 e. The van der Waals surface area contributed by atoms with Crippen molar-refractivity contribution in [2.24, 2.45) is 0 Å². The molecule has 1 aromatic rings. The molecule has 0 spiro atoms. The molecular formula is C10H19N3. The lowest BCUT2D eigenvalue weighted by Gasteiger charge is -2.05. The Balaban J connectivity index is 2.32. The Morgan fingerprint density at radius 3 is 2.69 bits per heavy atom. The fraction of sp³-hybridized carbons (Fsp3) is 0.700. The van der Waals surface area contributed by atoms with Crippen LogP contribution >= 0.6 is 0 Å². The van der Waals surface area contributed by atoms with Crippen LogP contribution in [0, 0.1) is 13.8 Å². The minimum atomic E-state index is 1.02. The highest BCUT2D eigenvalue weighted by Crippen LogP contribution is 2.02. The molecule has 3 nitrogen and oxygen atoms in total. The van der Waals surface area contributed by atoms with Crippen molar-refractivity contribution in [1.29, 1.82) is 0 Å². The summed E-state index contributed by atoms with van der Waals surface area (Å²) >= 11 is 0. The van der Waals surface area contributed by atoms with Crippen LogP contribution < -0.4 is 5.32 Å². The van der Waals surface area contributed by atoms with E-state index >= 15 is 0 Å². The van der Waals surface area contributed by atoms with Crippen LogP contribution in [0.25, 0.3) is 0 Å². The number of nitrogens with one attached hydrogen (secondary N) is 1. The SMILES string of the molecule is CCCNCCn1cnc(C)c1C. The van der Waals surface area contributed by atoms with Gasteiger partial charge < -0.3 is 9.88 Å². The summed E-state index contributed by atoms with van der Waals surface area (Å²) in [7, 11) is 0. The molecule has 1 N–H and O–H groups in total. The van der Waals surface area contributed by atoms with Crippen LogP contribution in [0.3, 0.4) is 0 Å². The summed E-state index contributed by atoms with van der Waals surface area (Å²) in [4.78, 5) is 4.25. The van der Waals surface area contributed by atoms with Crippen molar-refractivity contribution in [1.82, 2.24) is 14.9 Å². The molecule has 0 saturated carbocycles. The van der Waals surface area contributed by atoms with Gasteiger partial charge in [-0.25, -0.2) is 4.98 Å². The molecule has 0 atom stereocenters. The Labute approximate surface area is 80.2 Å². The number of imidazole rings is 1. The van der Waals surface area contributed by atoms with Gasteiger partial charge in [0.1, 0.15) is 0 Å². The lowest BCUT2D eigenvalue weighted by Crippen LogP contribution is -2.20. The van der Waals surface area contributed by atoms with Crippen LogP contribution in [-0.4, -0.2) is 22.6 Å².